The number of morpholine rings is 1. The van der Waals surface area contributed by atoms with Crippen LogP contribution in [0, 0.1) is 0 Å². The van der Waals surface area contributed by atoms with Gasteiger partial charge in [0.05, 0.1) is 18.0 Å². The first-order valence-corrected chi connectivity index (χ1v) is 9.72. The van der Waals surface area contributed by atoms with Crippen molar-refractivity contribution in [1.29, 1.82) is 0 Å². The molecule has 144 valence electrons. The Balaban J connectivity index is 1.60. The van der Waals surface area contributed by atoms with E-state index in [0.717, 1.165) is 0 Å². The highest BCUT2D eigenvalue weighted by molar-refractivity contribution is 7.99. The molecule has 0 aliphatic carbocycles. The van der Waals surface area contributed by atoms with Crippen molar-refractivity contribution in [3.8, 4) is 0 Å². The number of aryl methyl sites for hydroxylation is 1. The molecule has 1 aliphatic heterocycles. The molecule has 3 rings (SSSR count). The van der Waals surface area contributed by atoms with E-state index in [4.69, 9.17) is 4.74 Å². The minimum atomic E-state index is -0.166. The van der Waals surface area contributed by atoms with Crippen LogP contribution in [0.2, 0.25) is 0 Å². The molecule has 0 spiro atoms. The lowest BCUT2D eigenvalue weighted by Gasteiger charge is -2.35. The molecule has 0 radical (unpaired) electrons. The van der Waals surface area contributed by atoms with E-state index in [0.29, 0.717) is 29.5 Å². The van der Waals surface area contributed by atoms with Gasteiger partial charge in [0.1, 0.15) is 6.33 Å². The fourth-order valence-corrected chi connectivity index (χ4v) is 3.67. The summed E-state index contributed by atoms with van der Waals surface area (Å²) in [6.07, 6.45) is 1.61. The molecular formula is C18H23N5O3S. The molecule has 1 aliphatic rings. The van der Waals surface area contributed by atoms with E-state index >= 15 is 0 Å². The highest BCUT2D eigenvalue weighted by Gasteiger charge is 2.26. The number of carbonyl (C=O) groups excluding carboxylic acids is 2. The highest BCUT2D eigenvalue weighted by atomic mass is 32.2. The summed E-state index contributed by atoms with van der Waals surface area (Å²) in [4.78, 5) is 26.8. The van der Waals surface area contributed by atoms with E-state index in [2.05, 4.69) is 15.5 Å². The fraction of sp³-hybridized carbons (Fsp3) is 0.444. The molecule has 2 atom stereocenters. The average Bonchev–Trinajstić information content (AvgIpc) is 3.03. The molecule has 2 heterocycles. The molecule has 2 unspecified atom stereocenters. The molecule has 1 fully saturated rings. The zero-order valence-corrected chi connectivity index (χ0v) is 16.4. The van der Waals surface area contributed by atoms with E-state index in [1.165, 1.54) is 11.8 Å². The number of anilines is 1. The first-order valence-electron chi connectivity index (χ1n) is 8.74. The quantitative estimate of drug-likeness (QED) is 0.785. The van der Waals surface area contributed by atoms with Gasteiger partial charge in [-0.2, -0.15) is 0 Å². The number of thioether (sulfide) groups is 1. The van der Waals surface area contributed by atoms with Gasteiger partial charge in [0.2, 0.25) is 5.91 Å². The van der Waals surface area contributed by atoms with Crippen LogP contribution in [0.5, 0.6) is 0 Å². The van der Waals surface area contributed by atoms with Gasteiger partial charge in [-0.1, -0.05) is 17.8 Å². The number of aromatic nitrogens is 3. The molecule has 0 bridgehead atoms. The first kappa shape index (κ1) is 19.4. The van der Waals surface area contributed by atoms with E-state index in [1.54, 1.807) is 40.1 Å². The molecule has 2 aromatic rings. The maximum absolute atomic E-state index is 12.8. The highest BCUT2D eigenvalue weighted by Crippen LogP contribution is 2.18. The zero-order chi connectivity index (χ0) is 19.4. The summed E-state index contributed by atoms with van der Waals surface area (Å²) >= 11 is 1.30. The van der Waals surface area contributed by atoms with Gasteiger partial charge in [0, 0.05) is 31.4 Å². The molecule has 2 amide bonds. The van der Waals surface area contributed by atoms with Gasteiger partial charge in [0.15, 0.2) is 5.16 Å². The van der Waals surface area contributed by atoms with Crippen LogP contribution < -0.4 is 5.32 Å². The standard InChI is InChI=1S/C18H23N5O3S/c1-12-8-23(9-13(2)26-12)17(25)14-5-4-6-15(7-14)20-16(24)10-27-18-21-19-11-22(18)3/h4-7,11-13H,8-10H2,1-3H3,(H,20,24). The summed E-state index contributed by atoms with van der Waals surface area (Å²) in [6.45, 7) is 5.05. The lowest BCUT2D eigenvalue weighted by molar-refractivity contribution is -0.113. The van der Waals surface area contributed by atoms with Gasteiger partial charge >= 0.3 is 0 Å². The monoisotopic (exact) mass is 389 g/mol. The third-order valence-corrected chi connectivity index (χ3v) is 5.14. The number of carbonyl (C=O) groups is 2. The topological polar surface area (TPSA) is 89.4 Å². The van der Waals surface area contributed by atoms with Gasteiger partial charge in [-0.15, -0.1) is 10.2 Å². The first-order chi connectivity index (χ1) is 12.9. The summed E-state index contributed by atoms with van der Waals surface area (Å²) in [6, 6.07) is 7.01. The largest absolute Gasteiger partial charge is 0.372 e. The summed E-state index contributed by atoms with van der Waals surface area (Å²) in [5.74, 6) is -0.00814. The molecule has 9 heteroatoms. The van der Waals surface area contributed by atoms with Crippen LogP contribution in [0.4, 0.5) is 5.69 Å². The van der Waals surface area contributed by atoms with E-state index < -0.39 is 0 Å². The molecular weight excluding hydrogens is 366 g/mol. The number of benzene rings is 1. The molecule has 0 saturated carbocycles. The minimum Gasteiger partial charge on any atom is -0.372 e. The van der Waals surface area contributed by atoms with Crippen LogP contribution in [-0.2, 0) is 16.6 Å². The van der Waals surface area contributed by atoms with Crippen molar-refractivity contribution < 1.29 is 14.3 Å². The number of nitrogens with one attached hydrogen (secondary N) is 1. The van der Waals surface area contributed by atoms with Gasteiger partial charge < -0.3 is 19.5 Å². The Hall–Kier alpha value is -2.39. The van der Waals surface area contributed by atoms with Crippen molar-refractivity contribution in [3.05, 3.63) is 36.2 Å². The molecule has 1 saturated heterocycles. The number of hydrogen-bond donors (Lipinski definition) is 1. The Morgan fingerprint density at radius 3 is 2.70 bits per heavy atom. The van der Waals surface area contributed by atoms with E-state index in [9.17, 15) is 9.59 Å². The summed E-state index contributed by atoms with van der Waals surface area (Å²) in [7, 11) is 1.82. The van der Waals surface area contributed by atoms with Crippen molar-refractivity contribution in [2.45, 2.75) is 31.2 Å². The van der Waals surface area contributed by atoms with Gasteiger partial charge in [-0.3, -0.25) is 9.59 Å². The SMILES string of the molecule is CC1CN(C(=O)c2cccc(NC(=O)CSc3nncn3C)c2)CC(C)O1. The van der Waals surface area contributed by atoms with Gasteiger partial charge in [0.25, 0.3) is 5.91 Å². The third-order valence-electron chi connectivity index (χ3n) is 4.10. The maximum atomic E-state index is 12.8. The molecule has 1 aromatic carbocycles. The lowest BCUT2D eigenvalue weighted by Crippen LogP contribution is -2.48. The smallest absolute Gasteiger partial charge is 0.254 e. The molecule has 8 nitrogen and oxygen atoms in total. The number of nitrogens with zero attached hydrogens (tertiary/aromatic N) is 4. The van der Waals surface area contributed by atoms with Gasteiger partial charge in [-0.05, 0) is 32.0 Å². The van der Waals surface area contributed by atoms with Crippen LogP contribution in [0.3, 0.4) is 0 Å². The Morgan fingerprint density at radius 1 is 1.30 bits per heavy atom. The van der Waals surface area contributed by atoms with Crippen LogP contribution in [0.1, 0.15) is 24.2 Å². The number of amides is 2. The maximum Gasteiger partial charge on any atom is 0.254 e. The third kappa shape index (κ3) is 5.08. The predicted molar refractivity (Wildman–Crippen MR) is 103 cm³/mol. The van der Waals surface area contributed by atoms with Crippen molar-refractivity contribution in [2.24, 2.45) is 7.05 Å². The fourth-order valence-electron chi connectivity index (χ4n) is 2.99. The zero-order valence-electron chi connectivity index (χ0n) is 15.6. The van der Waals surface area contributed by atoms with Crippen LogP contribution in [-0.4, -0.2) is 62.5 Å². The second-order valence-corrected chi connectivity index (χ2v) is 7.55. The summed E-state index contributed by atoms with van der Waals surface area (Å²) in [5, 5.41) is 11.2. The van der Waals surface area contributed by atoms with Crippen molar-refractivity contribution in [1.82, 2.24) is 19.7 Å². The Morgan fingerprint density at radius 2 is 2.04 bits per heavy atom. The number of hydrogen-bond acceptors (Lipinski definition) is 6. The summed E-state index contributed by atoms with van der Waals surface area (Å²) < 4.78 is 7.43. The van der Waals surface area contributed by atoms with Crippen molar-refractivity contribution >= 4 is 29.3 Å². The van der Waals surface area contributed by atoms with E-state index in [-0.39, 0.29) is 29.8 Å². The lowest BCUT2D eigenvalue weighted by atomic mass is 10.1. The van der Waals surface area contributed by atoms with Crippen LogP contribution >= 0.6 is 11.8 Å². The summed E-state index contributed by atoms with van der Waals surface area (Å²) in [5.41, 5.74) is 1.15. The van der Waals surface area contributed by atoms with Crippen molar-refractivity contribution in [3.63, 3.8) is 0 Å². The Kier molecular flexibility index (Phi) is 6.12. The van der Waals surface area contributed by atoms with Crippen LogP contribution in [0.25, 0.3) is 0 Å². The number of rotatable bonds is 5. The Labute approximate surface area is 162 Å². The second-order valence-electron chi connectivity index (χ2n) is 6.61. The molecule has 27 heavy (non-hydrogen) atoms. The second kappa shape index (κ2) is 8.53. The van der Waals surface area contributed by atoms with Gasteiger partial charge in [-0.25, -0.2) is 0 Å². The average molecular weight is 389 g/mol. The van der Waals surface area contributed by atoms with E-state index in [1.807, 2.05) is 20.9 Å². The molecule has 1 N–H and O–H groups in total. The predicted octanol–water partition coefficient (Wildman–Crippen LogP) is 1.80. The minimum absolute atomic E-state index is 0.0122. The van der Waals surface area contributed by atoms with Crippen molar-refractivity contribution in [2.75, 3.05) is 24.2 Å². The normalized spacial score (nSPS) is 19.7. The Bertz CT molecular complexity index is 815. The number of ether oxygens (including phenoxy) is 1. The molecule has 1 aromatic heterocycles. The van der Waals surface area contributed by atoms with Crippen LogP contribution in [0.15, 0.2) is 35.7 Å².